The number of aliphatic hydroxyl groups excluding tert-OH is 1. The van der Waals surface area contributed by atoms with Crippen molar-refractivity contribution in [3.63, 3.8) is 0 Å². The lowest BCUT2D eigenvalue weighted by Gasteiger charge is -2.30. The van der Waals surface area contributed by atoms with Crippen LogP contribution in [0.1, 0.15) is 65.5 Å². The van der Waals surface area contributed by atoms with Crippen molar-refractivity contribution in [1.82, 2.24) is 0 Å². The van der Waals surface area contributed by atoms with E-state index in [9.17, 15) is 15.0 Å². The van der Waals surface area contributed by atoms with E-state index in [4.69, 9.17) is 0 Å². The van der Waals surface area contributed by atoms with Gasteiger partial charge in [-0.1, -0.05) is 70.8 Å². The Morgan fingerprint density at radius 3 is 2.17 bits per heavy atom. The first kappa shape index (κ1) is 23.5. The van der Waals surface area contributed by atoms with Gasteiger partial charge >= 0.3 is 0 Å². The molecule has 0 heterocycles. The van der Waals surface area contributed by atoms with Gasteiger partial charge in [0.1, 0.15) is 5.75 Å². The molecule has 0 amide bonds. The van der Waals surface area contributed by atoms with E-state index < -0.39 is 11.2 Å². The highest BCUT2D eigenvalue weighted by molar-refractivity contribution is 6.13. The summed E-state index contributed by atoms with van der Waals surface area (Å²) in [5.41, 5.74) is 0.487. The van der Waals surface area contributed by atoms with Crippen molar-refractivity contribution in [3.05, 3.63) is 71.2 Å². The average Bonchev–Trinajstić information content (AvgIpc) is 2.66. The van der Waals surface area contributed by atoms with Crippen LogP contribution >= 0.6 is 0 Å². The van der Waals surface area contributed by atoms with Gasteiger partial charge in [-0.05, 0) is 40.9 Å². The summed E-state index contributed by atoms with van der Waals surface area (Å²) >= 11 is 0. The lowest BCUT2D eigenvalue weighted by Crippen LogP contribution is -2.24. The molecule has 162 valence electrons. The molecule has 0 atom stereocenters. The molecule has 1 aromatic carbocycles. The Morgan fingerprint density at radius 1 is 1.10 bits per heavy atom. The van der Waals surface area contributed by atoms with Crippen molar-refractivity contribution < 1.29 is 19.5 Å². The molecule has 0 radical (unpaired) electrons. The van der Waals surface area contributed by atoms with Crippen LogP contribution in [0.25, 0.3) is 0 Å². The minimum Gasteiger partial charge on any atom is -0.515 e. The van der Waals surface area contributed by atoms with Crippen LogP contribution in [-0.2, 0) is 15.6 Å². The van der Waals surface area contributed by atoms with Gasteiger partial charge < -0.3 is 10.2 Å². The van der Waals surface area contributed by atoms with E-state index in [0.717, 1.165) is 6.42 Å². The van der Waals surface area contributed by atoms with Crippen molar-refractivity contribution in [3.8, 4) is 5.75 Å². The zero-order valence-electron chi connectivity index (χ0n) is 18.7. The maximum Gasteiger partial charge on any atom is 0.197 e. The number of Topliss-reactive ketones (excluding diaryl/α,β-unsaturated/α-hetero) is 1. The number of hydrogen-bond acceptors (Lipinski definition) is 4. The van der Waals surface area contributed by atoms with Crippen molar-refractivity contribution in [2.75, 3.05) is 5.12 Å². The van der Waals surface area contributed by atoms with E-state index in [1.807, 2.05) is 47.6 Å². The monoisotopic (exact) mass is 413 g/mol. The molecule has 2 rings (SSSR count). The molecule has 0 unspecified atom stereocenters. The highest BCUT2D eigenvalue weighted by atomic mass is 19.2. The molecule has 1 aromatic rings. The number of hydrogen-bond donors (Lipinski definition) is 2. The molecule has 5 heteroatoms. The van der Waals surface area contributed by atoms with E-state index in [-0.39, 0.29) is 33.2 Å². The molecule has 0 saturated carbocycles. The highest BCUT2D eigenvalue weighted by Crippen LogP contribution is 2.42. The van der Waals surface area contributed by atoms with Gasteiger partial charge in [0.05, 0.1) is 23.2 Å². The number of halogens is 1. The second-order valence-electron chi connectivity index (χ2n) is 9.63. The number of benzene rings is 1. The molecular formula is C25H32FNO3. The largest absolute Gasteiger partial charge is 0.515 e. The molecule has 4 nitrogen and oxygen atoms in total. The first-order chi connectivity index (χ1) is 13.8. The number of nitrogens with zero attached hydrogens (tertiary/aromatic N) is 1. The molecule has 0 saturated heterocycles. The van der Waals surface area contributed by atoms with E-state index >= 15 is 4.48 Å². The fourth-order valence-corrected chi connectivity index (χ4v) is 3.39. The number of aromatic hydroxyl groups is 1. The minimum atomic E-state index is -0.506. The van der Waals surface area contributed by atoms with Crippen LogP contribution in [0.3, 0.4) is 0 Å². The van der Waals surface area contributed by atoms with Crippen molar-refractivity contribution in [2.45, 2.75) is 65.2 Å². The van der Waals surface area contributed by atoms with Gasteiger partial charge in [0.2, 0.25) is 0 Å². The van der Waals surface area contributed by atoms with E-state index in [1.54, 1.807) is 18.2 Å². The summed E-state index contributed by atoms with van der Waals surface area (Å²) < 4.78 is 15.6. The summed E-state index contributed by atoms with van der Waals surface area (Å²) in [6.45, 7) is 15.4. The third kappa shape index (κ3) is 4.84. The highest BCUT2D eigenvalue weighted by Gasteiger charge is 2.30. The predicted molar refractivity (Wildman–Crippen MR) is 120 cm³/mol. The molecule has 1 aliphatic rings. The second kappa shape index (κ2) is 8.50. The zero-order valence-corrected chi connectivity index (χ0v) is 18.7. The van der Waals surface area contributed by atoms with Crippen molar-refractivity contribution in [1.29, 1.82) is 0 Å². The quantitative estimate of drug-likeness (QED) is 0.251. The number of aliphatic hydroxyl groups is 1. The third-order valence-corrected chi connectivity index (χ3v) is 5.12. The van der Waals surface area contributed by atoms with Crippen LogP contribution in [0.15, 0.2) is 60.0 Å². The first-order valence-corrected chi connectivity index (χ1v) is 10.1. The first-order valence-electron chi connectivity index (χ1n) is 10.1. The average molecular weight is 414 g/mol. The number of carbonyl (C=O) groups is 1. The van der Waals surface area contributed by atoms with Crippen LogP contribution in [0.4, 0.5) is 10.2 Å². The Morgan fingerprint density at radius 2 is 1.70 bits per heavy atom. The van der Waals surface area contributed by atoms with E-state index in [0.29, 0.717) is 29.4 Å². The van der Waals surface area contributed by atoms with Gasteiger partial charge in [-0.2, -0.15) is 5.12 Å². The summed E-state index contributed by atoms with van der Waals surface area (Å²) in [6.07, 6.45) is 7.40. The van der Waals surface area contributed by atoms with Crippen molar-refractivity contribution in [2.24, 2.45) is 0 Å². The predicted octanol–water partition coefficient (Wildman–Crippen LogP) is 6.48. The van der Waals surface area contributed by atoms with Gasteiger partial charge in [0.15, 0.2) is 5.78 Å². The fourth-order valence-electron chi connectivity index (χ4n) is 3.39. The number of allylic oxidation sites excluding steroid dienone is 5. The summed E-state index contributed by atoms with van der Waals surface area (Å²) in [7, 11) is 0. The number of phenolic OH excluding ortho intramolecular Hbond substituents is 1. The normalized spacial score (nSPS) is 15.0. The number of rotatable bonds is 5. The molecule has 0 bridgehead atoms. The summed E-state index contributed by atoms with van der Waals surface area (Å²) in [5.74, 6) is -0.548. The SMILES string of the molecule is C=C(/C(=C\O)C(=O)C1=CCCC=C1)N(F)c1cc(O)c(C(C)(C)C)cc1C(C)(C)C. The molecule has 0 aliphatic heterocycles. The summed E-state index contributed by atoms with van der Waals surface area (Å²) in [4.78, 5) is 12.8. The molecule has 2 N–H and O–H groups in total. The zero-order chi connectivity index (χ0) is 22.9. The Bertz CT molecular complexity index is 940. The number of ketones is 1. The number of phenols is 1. The molecule has 0 fully saturated rings. The van der Waals surface area contributed by atoms with Crippen LogP contribution in [-0.4, -0.2) is 16.0 Å². The molecule has 0 aromatic heterocycles. The number of anilines is 1. The molecule has 30 heavy (non-hydrogen) atoms. The standard InChI is InChI=1S/C25H32FNO3/c1-16(18(15-28)23(30)17-11-9-8-10-12-17)27(26)21-14-22(29)20(25(5,6)7)13-19(21)24(2,3)4/h9,11-15,28-29H,1,8,10H2,2-7H3/b18-15+. The lowest BCUT2D eigenvalue weighted by molar-refractivity contribution is -0.111. The Balaban J connectivity index is 2.53. The maximum absolute atomic E-state index is 15.6. The second-order valence-corrected chi connectivity index (χ2v) is 9.63. The topological polar surface area (TPSA) is 60.8 Å². The number of carbonyl (C=O) groups excluding carboxylic acids is 1. The molecular weight excluding hydrogens is 381 g/mol. The van der Waals surface area contributed by atoms with Crippen molar-refractivity contribution >= 4 is 11.5 Å². The third-order valence-electron chi connectivity index (χ3n) is 5.12. The Kier molecular flexibility index (Phi) is 6.65. The van der Waals surface area contributed by atoms with Crippen LogP contribution in [0, 0.1) is 0 Å². The maximum atomic E-state index is 15.6. The van der Waals surface area contributed by atoms with Gasteiger partial charge in [-0.25, -0.2) is 0 Å². The molecule has 0 spiro atoms. The lowest BCUT2D eigenvalue weighted by atomic mass is 9.79. The van der Waals surface area contributed by atoms with Gasteiger partial charge in [-0.3, -0.25) is 4.79 Å². The van der Waals surface area contributed by atoms with Gasteiger partial charge in [0, 0.05) is 11.6 Å². The fraction of sp³-hybridized carbons (Fsp3) is 0.400. The van der Waals surface area contributed by atoms with Crippen LogP contribution < -0.4 is 5.12 Å². The van der Waals surface area contributed by atoms with Crippen LogP contribution in [0.2, 0.25) is 0 Å². The van der Waals surface area contributed by atoms with Crippen LogP contribution in [0.5, 0.6) is 5.75 Å². The Labute approximate surface area is 178 Å². The minimum absolute atomic E-state index is 0.0419. The molecule has 1 aliphatic carbocycles. The summed E-state index contributed by atoms with van der Waals surface area (Å²) in [6, 6.07) is 3.15. The smallest absolute Gasteiger partial charge is 0.197 e. The van der Waals surface area contributed by atoms with Gasteiger partial charge in [0.25, 0.3) is 0 Å². The van der Waals surface area contributed by atoms with Gasteiger partial charge in [-0.15, -0.1) is 0 Å². The Hall–Kier alpha value is -2.82. The van der Waals surface area contributed by atoms with E-state index in [1.165, 1.54) is 6.07 Å². The van der Waals surface area contributed by atoms with E-state index in [2.05, 4.69) is 6.58 Å². The summed E-state index contributed by atoms with van der Waals surface area (Å²) in [5, 5.41) is 20.5.